The number of nitrogens with zero attached hydrogens (tertiary/aromatic N) is 2. The number of hydrogen-bond acceptors (Lipinski definition) is 2. The maximum Gasteiger partial charge on any atom is 0.254 e. The summed E-state index contributed by atoms with van der Waals surface area (Å²) in [5.74, 6) is -0.00975. The molecule has 0 radical (unpaired) electrons. The quantitative estimate of drug-likeness (QED) is 0.607. The van der Waals surface area contributed by atoms with Crippen LogP contribution in [0.3, 0.4) is 0 Å². The summed E-state index contributed by atoms with van der Waals surface area (Å²) in [7, 11) is 1.93. The predicted molar refractivity (Wildman–Crippen MR) is 115 cm³/mol. The van der Waals surface area contributed by atoms with Crippen LogP contribution in [0.2, 0.25) is 10.0 Å². The molecule has 1 aliphatic carbocycles. The standard InChI is InChI=1S/C23H26Cl2N2O/c1-26(23(28)17-11-12-19(24)20(25)15-17)22-18-9-3-2-7-16(18)8-6-10-21(22)27-13-4-5-14-27/h2-3,7,9,11-12,15,21-22H,4-6,8,10,13-14H2,1H3/t21-,22-/m1/s1. The molecule has 2 aromatic carbocycles. The Hall–Kier alpha value is -1.55. The van der Waals surface area contributed by atoms with E-state index in [4.69, 9.17) is 23.2 Å². The Labute approximate surface area is 177 Å². The third-order valence-corrected chi connectivity index (χ3v) is 6.94. The predicted octanol–water partition coefficient (Wildman–Crippen LogP) is 5.61. The van der Waals surface area contributed by atoms with E-state index in [0.717, 1.165) is 32.4 Å². The Balaban J connectivity index is 1.72. The molecule has 1 aliphatic heterocycles. The molecular formula is C23H26Cl2N2O. The SMILES string of the molecule is CN(C(=O)c1ccc(Cl)c(Cl)c1)[C@@H]1c2ccccc2CCC[C@H]1N1CCCC1. The van der Waals surface area contributed by atoms with Crippen molar-refractivity contribution in [2.24, 2.45) is 0 Å². The largest absolute Gasteiger partial charge is 0.333 e. The topological polar surface area (TPSA) is 23.6 Å². The zero-order valence-corrected chi connectivity index (χ0v) is 17.7. The number of carbonyl (C=O) groups excluding carboxylic acids is 1. The average Bonchev–Trinajstić information content (AvgIpc) is 3.17. The fourth-order valence-corrected chi connectivity index (χ4v) is 5.10. The lowest BCUT2D eigenvalue weighted by Crippen LogP contribution is -2.45. The summed E-state index contributed by atoms with van der Waals surface area (Å²) in [5.41, 5.74) is 3.23. The van der Waals surface area contributed by atoms with Gasteiger partial charge in [0, 0.05) is 18.7 Å². The first-order valence-electron chi connectivity index (χ1n) is 10.1. The molecule has 2 aromatic rings. The molecule has 0 bridgehead atoms. The zero-order chi connectivity index (χ0) is 19.7. The van der Waals surface area contributed by atoms with Gasteiger partial charge in [-0.25, -0.2) is 0 Å². The summed E-state index contributed by atoms with van der Waals surface area (Å²) in [6.07, 6.45) is 5.83. The number of aryl methyl sites for hydroxylation is 1. The summed E-state index contributed by atoms with van der Waals surface area (Å²) in [4.78, 5) is 17.9. The smallest absolute Gasteiger partial charge is 0.254 e. The van der Waals surface area contributed by atoms with E-state index in [1.54, 1.807) is 18.2 Å². The molecule has 2 atom stereocenters. The van der Waals surface area contributed by atoms with Crippen LogP contribution in [0.25, 0.3) is 0 Å². The third kappa shape index (κ3) is 3.80. The van der Waals surface area contributed by atoms with E-state index < -0.39 is 0 Å². The first-order chi connectivity index (χ1) is 13.6. The van der Waals surface area contributed by atoms with Crippen molar-refractivity contribution >= 4 is 29.1 Å². The Kier molecular flexibility index (Phi) is 5.96. The first-order valence-corrected chi connectivity index (χ1v) is 10.9. The van der Waals surface area contributed by atoms with Crippen molar-refractivity contribution in [3.8, 4) is 0 Å². The van der Waals surface area contributed by atoms with Crippen molar-refractivity contribution in [2.45, 2.75) is 44.2 Å². The minimum Gasteiger partial charge on any atom is -0.333 e. The number of benzene rings is 2. The van der Waals surface area contributed by atoms with Gasteiger partial charge in [0.2, 0.25) is 0 Å². The maximum absolute atomic E-state index is 13.4. The second kappa shape index (κ2) is 8.44. The van der Waals surface area contributed by atoms with E-state index in [-0.39, 0.29) is 11.9 Å². The van der Waals surface area contributed by atoms with Crippen LogP contribution in [0, 0.1) is 0 Å². The number of likely N-dealkylation sites (N-methyl/N-ethyl adjacent to an activating group) is 1. The van der Waals surface area contributed by atoms with Gasteiger partial charge in [0.05, 0.1) is 16.1 Å². The van der Waals surface area contributed by atoms with Crippen LogP contribution in [-0.4, -0.2) is 41.9 Å². The Morgan fingerprint density at radius 1 is 1.04 bits per heavy atom. The lowest BCUT2D eigenvalue weighted by Gasteiger charge is -2.39. The van der Waals surface area contributed by atoms with E-state index in [1.165, 1.54) is 24.0 Å². The molecule has 0 unspecified atom stereocenters. The number of halogens is 2. The van der Waals surface area contributed by atoms with Gasteiger partial charge in [-0.1, -0.05) is 47.5 Å². The van der Waals surface area contributed by atoms with Crippen LogP contribution in [-0.2, 0) is 6.42 Å². The monoisotopic (exact) mass is 416 g/mol. The van der Waals surface area contributed by atoms with Crippen molar-refractivity contribution in [1.82, 2.24) is 9.80 Å². The molecule has 1 heterocycles. The normalized spacial score (nSPS) is 22.5. The van der Waals surface area contributed by atoms with E-state index in [1.807, 2.05) is 11.9 Å². The molecule has 3 nitrogen and oxygen atoms in total. The van der Waals surface area contributed by atoms with E-state index in [9.17, 15) is 4.79 Å². The molecule has 2 aliphatic rings. The molecular weight excluding hydrogens is 391 g/mol. The highest BCUT2D eigenvalue weighted by molar-refractivity contribution is 6.42. The highest BCUT2D eigenvalue weighted by Gasteiger charge is 2.37. The first kappa shape index (κ1) is 19.8. The number of hydrogen-bond donors (Lipinski definition) is 0. The third-order valence-electron chi connectivity index (χ3n) is 6.20. The second-order valence-electron chi connectivity index (χ2n) is 7.89. The van der Waals surface area contributed by atoms with Gasteiger partial charge in [-0.3, -0.25) is 9.69 Å². The minimum atomic E-state index is -0.00975. The van der Waals surface area contributed by atoms with Gasteiger partial charge in [-0.15, -0.1) is 0 Å². The van der Waals surface area contributed by atoms with Gasteiger partial charge in [-0.2, -0.15) is 0 Å². The van der Waals surface area contributed by atoms with E-state index in [0.29, 0.717) is 21.7 Å². The molecule has 28 heavy (non-hydrogen) atoms. The van der Waals surface area contributed by atoms with Gasteiger partial charge < -0.3 is 4.90 Å². The molecule has 4 rings (SSSR count). The molecule has 148 valence electrons. The maximum atomic E-state index is 13.4. The lowest BCUT2D eigenvalue weighted by molar-refractivity contribution is 0.0586. The summed E-state index contributed by atoms with van der Waals surface area (Å²) < 4.78 is 0. The van der Waals surface area contributed by atoms with Crippen molar-refractivity contribution in [2.75, 3.05) is 20.1 Å². The Morgan fingerprint density at radius 3 is 2.54 bits per heavy atom. The number of amides is 1. The lowest BCUT2D eigenvalue weighted by atomic mass is 9.93. The van der Waals surface area contributed by atoms with Crippen LogP contribution in [0.1, 0.15) is 53.2 Å². The fourth-order valence-electron chi connectivity index (χ4n) is 4.80. The summed E-state index contributed by atoms with van der Waals surface area (Å²) in [6.45, 7) is 2.25. The molecule has 1 saturated heterocycles. The molecule has 0 N–H and O–H groups in total. The van der Waals surface area contributed by atoms with Crippen LogP contribution in [0.15, 0.2) is 42.5 Å². The molecule has 0 saturated carbocycles. The van der Waals surface area contributed by atoms with Crippen LogP contribution >= 0.6 is 23.2 Å². The number of fused-ring (bicyclic) bond motifs is 1. The Bertz CT molecular complexity index is 863. The van der Waals surface area contributed by atoms with Gasteiger partial charge in [0.1, 0.15) is 0 Å². The highest BCUT2D eigenvalue weighted by atomic mass is 35.5. The van der Waals surface area contributed by atoms with Crippen LogP contribution in [0.4, 0.5) is 0 Å². The summed E-state index contributed by atoms with van der Waals surface area (Å²) in [6, 6.07) is 14.1. The average molecular weight is 417 g/mol. The van der Waals surface area contributed by atoms with Gasteiger partial charge in [-0.05, 0) is 74.5 Å². The van der Waals surface area contributed by atoms with E-state index in [2.05, 4.69) is 29.2 Å². The molecule has 0 aromatic heterocycles. The number of carbonyl (C=O) groups is 1. The van der Waals surface area contributed by atoms with Crippen molar-refractivity contribution in [3.63, 3.8) is 0 Å². The Morgan fingerprint density at radius 2 is 1.79 bits per heavy atom. The van der Waals surface area contributed by atoms with Gasteiger partial charge in [0.25, 0.3) is 5.91 Å². The number of rotatable bonds is 3. The van der Waals surface area contributed by atoms with Gasteiger partial charge >= 0.3 is 0 Å². The molecule has 1 amide bonds. The van der Waals surface area contributed by atoms with Crippen LogP contribution < -0.4 is 0 Å². The summed E-state index contributed by atoms with van der Waals surface area (Å²) >= 11 is 12.2. The van der Waals surface area contributed by atoms with Crippen molar-refractivity contribution in [3.05, 3.63) is 69.2 Å². The summed E-state index contributed by atoms with van der Waals surface area (Å²) in [5, 5.41) is 0.883. The fraction of sp³-hybridized carbons (Fsp3) is 0.435. The number of likely N-dealkylation sites (tertiary alicyclic amines) is 1. The minimum absolute atomic E-state index is 0.00975. The van der Waals surface area contributed by atoms with Crippen LogP contribution in [0.5, 0.6) is 0 Å². The van der Waals surface area contributed by atoms with E-state index >= 15 is 0 Å². The molecule has 1 fully saturated rings. The highest BCUT2D eigenvalue weighted by Crippen LogP contribution is 2.37. The molecule has 0 spiro atoms. The molecule has 5 heteroatoms. The van der Waals surface area contributed by atoms with Gasteiger partial charge in [0.15, 0.2) is 0 Å². The second-order valence-corrected chi connectivity index (χ2v) is 8.71. The van der Waals surface area contributed by atoms with Crippen molar-refractivity contribution in [1.29, 1.82) is 0 Å². The van der Waals surface area contributed by atoms with Crippen molar-refractivity contribution < 1.29 is 4.79 Å². The zero-order valence-electron chi connectivity index (χ0n) is 16.2.